The van der Waals surface area contributed by atoms with Gasteiger partial charge in [-0.1, -0.05) is 23.8 Å². The lowest BCUT2D eigenvalue weighted by atomic mass is 10.1. The number of aromatic carboxylic acids is 1. The van der Waals surface area contributed by atoms with Crippen molar-refractivity contribution in [1.82, 2.24) is 4.57 Å². The van der Waals surface area contributed by atoms with Crippen LogP contribution in [0.1, 0.15) is 21.5 Å². The van der Waals surface area contributed by atoms with Crippen molar-refractivity contribution in [2.45, 2.75) is 13.5 Å². The number of carboxylic acid groups (broad SMARTS) is 1. The van der Waals surface area contributed by atoms with Gasteiger partial charge in [-0.25, -0.2) is 4.79 Å². The van der Waals surface area contributed by atoms with Gasteiger partial charge in [-0.2, -0.15) is 0 Å². The molecule has 106 valence electrons. The lowest BCUT2D eigenvalue weighted by molar-refractivity contribution is 0.0697. The molecule has 0 amide bonds. The van der Waals surface area contributed by atoms with Crippen molar-refractivity contribution in [3.05, 3.63) is 65.4 Å². The SMILES string of the molecule is Cc1ccc2c(ccn2Cc2cccc(N)c2C(=O)O)c1. The minimum Gasteiger partial charge on any atom is -0.478 e. The maximum atomic E-state index is 11.4. The summed E-state index contributed by atoms with van der Waals surface area (Å²) in [7, 11) is 0. The molecule has 2 aromatic carbocycles. The molecule has 1 aromatic heterocycles. The third-order valence-electron chi connectivity index (χ3n) is 3.66. The fourth-order valence-corrected chi connectivity index (χ4v) is 2.65. The highest BCUT2D eigenvalue weighted by Gasteiger charge is 2.14. The van der Waals surface area contributed by atoms with Crippen LogP contribution < -0.4 is 5.73 Å². The molecule has 0 saturated heterocycles. The van der Waals surface area contributed by atoms with Crippen molar-refractivity contribution in [1.29, 1.82) is 0 Å². The molecule has 0 aliphatic heterocycles. The van der Waals surface area contributed by atoms with Crippen LogP contribution in [0.5, 0.6) is 0 Å². The second-order valence-electron chi connectivity index (χ2n) is 5.19. The molecule has 3 N–H and O–H groups in total. The highest BCUT2D eigenvalue weighted by Crippen LogP contribution is 2.22. The predicted molar refractivity (Wildman–Crippen MR) is 83.6 cm³/mol. The summed E-state index contributed by atoms with van der Waals surface area (Å²) in [5.41, 5.74) is 9.27. The number of hydrogen-bond donors (Lipinski definition) is 2. The molecule has 0 atom stereocenters. The normalized spacial score (nSPS) is 10.9. The first-order chi connectivity index (χ1) is 10.1. The molecule has 0 aliphatic carbocycles. The fourth-order valence-electron chi connectivity index (χ4n) is 2.65. The van der Waals surface area contributed by atoms with Crippen LogP contribution in [-0.2, 0) is 6.54 Å². The van der Waals surface area contributed by atoms with Gasteiger partial charge in [0, 0.05) is 23.9 Å². The Kier molecular flexibility index (Phi) is 3.14. The maximum Gasteiger partial charge on any atom is 0.338 e. The van der Waals surface area contributed by atoms with E-state index in [0.717, 1.165) is 10.9 Å². The first kappa shape index (κ1) is 13.2. The number of nitrogens with two attached hydrogens (primary N) is 1. The number of rotatable bonds is 3. The second kappa shape index (κ2) is 4.98. The zero-order valence-corrected chi connectivity index (χ0v) is 11.7. The van der Waals surface area contributed by atoms with Gasteiger partial charge in [0.2, 0.25) is 0 Å². The quantitative estimate of drug-likeness (QED) is 0.723. The number of carbonyl (C=O) groups is 1. The zero-order chi connectivity index (χ0) is 15.0. The van der Waals surface area contributed by atoms with Gasteiger partial charge >= 0.3 is 5.97 Å². The molecular formula is C17H16N2O2. The number of hydrogen-bond acceptors (Lipinski definition) is 2. The lowest BCUT2D eigenvalue weighted by Gasteiger charge is -2.11. The van der Waals surface area contributed by atoms with E-state index in [2.05, 4.69) is 25.1 Å². The molecule has 0 saturated carbocycles. The Morgan fingerprint density at radius 2 is 2.05 bits per heavy atom. The van der Waals surface area contributed by atoms with Crippen molar-refractivity contribution in [2.24, 2.45) is 0 Å². The van der Waals surface area contributed by atoms with Gasteiger partial charge in [-0.15, -0.1) is 0 Å². The maximum absolute atomic E-state index is 11.4. The molecule has 4 heteroatoms. The molecule has 3 aromatic rings. The minimum atomic E-state index is -0.990. The Bertz CT molecular complexity index is 834. The van der Waals surface area contributed by atoms with Gasteiger partial charge in [-0.3, -0.25) is 0 Å². The van der Waals surface area contributed by atoms with Gasteiger partial charge in [0.25, 0.3) is 0 Å². The number of nitrogens with zero attached hydrogens (tertiary/aromatic N) is 1. The van der Waals surface area contributed by atoms with E-state index in [1.807, 2.05) is 16.8 Å². The molecule has 0 fully saturated rings. The molecule has 3 rings (SSSR count). The fraction of sp³-hybridized carbons (Fsp3) is 0.118. The Balaban J connectivity index is 2.07. The van der Waals surface area contributed by atoms with Crippen molar-refractivity contribution in [3.63, 3.8) is 0 Å². The van der Waals surface area contributed by atoms with E-state index >= 15 is 0 Å². The molecule has 21 heavy (non-hydrogen) atoms. The summed E-state index contributed by atoms with van der Waals surface area (Å²) in [4.78, 5) is 11.4. The minimum absolute atomic E-state index is 0.187. The summed E-state index contributed by atoms with van der Waals surface area (Å²) in [6.07, 6.45) is 1.97. The van der Waals surface area contributed by atoms with Crippen LogP contribution in [0.25, 0.3) is 10.9 Å². The van der Waals surface area contributed by atoms with Crippen molar-refractivity contribution >= 4 is 22.6 Å². The standard InChI is InChI=1S/C17H16N2O2/c1-11-5-6-15-12(9-11)7-8-19(15)10-13-3-2-4-14(18)16(13)17(20)21/h2-9H,10,18H2,1H3,(H,20,21). The van der Waals surface area contributed by atoms with Gasteiger partial charge in [0.05, 0.1) is 5.56 Å². The number of aromatic nitrogens is 1. The summed E-state index contributed by atoms with van der Waals surface area (Å²) in [5.74, 6) is -0.990. The average molecular weight is 280 g/mol. The summed E-state index contributed by atoms with van der Waals surface area (Å²) in [6, 6.07) is 13.5. The highest BCUT2D eigenvalue weighted by atomic mass is 16.4. The lowest BCUT2D eigenvalue weighted by Crippen LogP contribution is -2.09. The zero-order valence-electron chi connectivity index (χ0n) is 11.7. The molecule has 0 radical (unpaired) electrons. The second-order valence-corrected chi connectivity index (χ2v) is 5.19. The van der Waals surface area contributed by atoms with Crippen molar-refractivity contribution in [3.8, 4) is 0 Å². The summed E-state index contributed by atoms with van der Waals surface area (Å²) >= 11 is 0. The molecule has 1 heterocycles. The Morgan fingerprint density at radius 1 is 1.24 bits per heavy atom. The van der Waals surface area contributed by atoms with Crippen LogP contribution in [0.15, 0.2) is 48.7 Å². The van der Waals surface area contributed by atoms with E-state index in [1.54, 1.807) is 18.2 Å². The molecule has 4 nitrogen and oxygen atoms in total. The number of benzene rings is 2. The third kappa shape index (κ3) is 2.36. The molecule has 0 spiro atoms. The van der Waals surface area contributed by atoms with Crippen LogP contribution in [0.4, 0.5) is 5.69 Å². The largest absolute Gasteiger partial charge is 0.478 e. The molecule has 0 unspecified atom stereocenters. The Morgan fingerprint density at radius 3 is 2.81 bits per heavy atom. The number of carboxylic acids is 1. The van der Waals surface area contributed by atoms with Crippen molar-refractivity contribution in [2.75, 3.05) is 5.73 Å². The van der Waals surface area contributed by atoms with Crippen LogP contribution in [0.2, 0.25) is 0 Å². The molecular weight excluding hydrogens is 264 g/mol. The van der Waals surface area contributed by atoms with Gasteiger partial charge in [0.1, 0.15) is 0 Å². The van der Waals surface area contributed by atoms with Crippen LogP contribution in [0.3, 0.4) is 0 Å². The average Bonchev–Trinajstić information content (AvgIpc) is 2.80. The van der Waals surface area contributed by atoms with Crippen LogP contribution in [-0.4, -0.2) is 15.6 Å². The van der Waals surface area contributed by atoms with Crippen molar-refractivity contribution < 1.29 is 9.90 Å². The number of anilines is 1. The van der Waals surface area contributed by atoms with Crippen LogP contribution in [0, 0.1) is 6.92 Å². The molecule has 0 bridgehead atoms. The van der Waals surface area contributed by atoms with Gasteiger partial charge in [-0.05, 0) is 42.1 Å². The Labute approximate surface area is 122 Å². The van der Waals surface area contributed by atoms with Gasteiger partial charge in [0.15, 0.2) is 0 Å². The van der Waals surface area contributed by atoms with Gasteiger partial charge < -0.3 is 15.4 Å². The topological polar surface area (TPSA) is 68.2 Å². The number of aryl methyl sites for hydroxylation is 1. The molecule has 0 aliphatic rings. The van der Waals surface area contributed by atoms with E-state index in [0.29, 0.717) is 17.8 Å². The highest BCUT2D eigenvalue weighted by molar-refractivity contribution is 5.95. The number of nitrogen functional groups attached to an aromatic ring is 1. The Hall–Kier alpha value is -2.75. The van der Waals surface area contributed by atoms with E-state index in [1.165, 1.54) is 5.56 Å². The summed E-state index contributed by atoms with van der Waals surface area (Å²) in [5, 5.41) is 10.5. The number of fused-ring (bicyclic) bond motifs is 1. The summed E-state index contributed by atoms with van der Waals surface area (Å²) in [6.45, 7) is 2.54. The van der Waals surface area contributed by atoms with E-state index in [9.17, 15) is 9.90 Å². The van der Waals surface area contributed by atoms with E-state index in [4.69, 9.17) is 5.73 Å². The smallest absolute Gasteiger partial charge is 0.338 e. The predicted octanol–water partition coefficient (Wildman–Crippen LogP) is 3.28. The third-order valence-corrected chi connectivity index (χ3v) is 3.66. The monoisotopic (exact) mass is 280 g/mol. The van der Waals surface area contributed by atoms with Crippen LogP contribution >= 0.6 is 0 Å². The summed E-state index contributed by atoms with van der Waals surface area (Å²) < 4.78 is 2.04. The van der Waals surface area contributed by atoms with E-state index in [-0.39, 0.29) is 5.56 Å². The first-order valence-electron chi connectivity index (χ1n) is 6.72. The first-order valence-corrected chi connectivity index (χ1v) is 6.72. The van der Waals surface area contributed by atoms with E-state index < -0.39 is 5.97 Å².